The maximum atomic E-state index is 12.9. The molecule has 2 rings (SSSR count). The summed E-state index contributed by atoms with van der Waals surface area (Å²) >= 11 is 0. The first-order valence-corrected chi connectivity index (χ1v) is 8.30. The Morgan fingerprint density at radius 3 is 2.08 bits per heavy atom. The maximum absolute atomic E-state index is 12.9. The average Bonchev–Trinajstić information content (AvgIpc) is 2.65. The molecule has 0 N–H and O–H groups in total. The fourth-order valence-electron chi connectivity index (χ4n) is 2.55. The van der Waals surface area contributed by atoms with Crippen LogP contribution in [0.1, 0.15) is 24.2 Å². The highest BCUT2D eigenvalue weighted by molar-refractivity contribution is 5.99. The van der Waals surface area contributed by atoms with E-state index in [4.69, 9.17) is 9.47 Å². The molecular formula is C20H26ClNO3. The Kier molecular flexibility index (Phi) is 9.03. The van der Waals surface area contributed by atoms with Gasteiger partial charge in [-0.25, -0.2) is 0 Å². The van der Waals surface area contributed by atoms with Gasteiger partial charge in [0.25, 0.3) is 0 Å². The summed E-state index contributed by atoms with van der Waals surface area (Å²) in [5, 5.41) is 0. The number of methoxy groups -OCH3 is 1. The van der Waals surface area contributed by atoms with E-state index in [0.717, 1.165) is 13.1 Å². The summed E-state index contributed by atoms with van der Waals surface area (Å²) in [6, 6.07) is 16.7. The van der Waals surface area contributed by atoms with E-state index in [0.29, 0.717) is 23.6 Å². The summed E-state index contributed by atoms with van der Waals surface area (Å²) in [6.07, 6.45) is -0.580. The molecule has 0 amide bonds. The van der Waals surface area contributed by atoms with Crippen molar-refractivity contribution in [1.82, 2.24) is 4.90 Å². The van der Waals surface area contributed by atoms with E-state index in [1.54, 1.807) is 7.11 Å². The van der Waals surface area contributed by atoms with Gasteiger partial charge in [-0.15, -0.1) is 12.4 Å². The number of hydrogen-bond acceptors (Lipinski definition) is 4. The molecule has 2 aromatic rings. The van der Waals surface area contributed by atoms with Gasteiger partial charge < -0.3 is 9.47 Å². The van der Waals surface area contributed by atoms with E-state index in [2.05, 4.69) is 18.7 Å². The molecule has 5 heteroatoms. The molecule has 25 heavy (non-hydrogen) atoms. The molecule has 1 atom stereocenters. The Hall–Kier alpha value is -2.04. The molecule has 2 aromatic carbocycles. The fraction of sp³-hybridized carbons (Fsp3) is 0.350. The highest BCUT2D eigenvalue weighted by Gasteiger charge is 2.25. The Morgan fingerprint density at radius 2 is 1.52 bits per heavy atom. The number of carbonyl (C=O) groups is 1. The van der Waals surface area contributed by atoms with Crippen LogP contribution in [0.4, 0.5) is 0 Å². The van der Waals surface area contributed by atoms with Crippen molar-refractivity contribution < 1.29 is 14.3 Å². The second-order valence-electron chi connectivity index (χ2n) is 5.47. The van der Waals surface area contributed by atoms with Gasteiger partial charge in [0.05, 0.1) is 7.11 Å². The van der Waals surface area contributed by atoms with Gasteiger partial charge in [0.15, 0.2) is 17.6 Å². The number of ether oxygens (including phenoxy) is 2. The number of carbonyl (C=O) groups excluding carboxylic acids is 1. The summed E-state index contributed by atoms with van der Waals surface area (Å²) in [4.78, 5) is 15.1. The van der Waals surface area contributed by atoms with Crippen LogP contribution in [0.5, 0.6) is 11.5 Å². The van der Waals surface area contributed by atoms with Crippen LogP contribution in [0.15, 0.2) is 54.6 Å². The van der Waals surface area contributed by atoms with Gasteiger partial charge in [0.1, 0.15) is 0 Å². The van der Waals surface area contributed by atoms with Crippen molar-refractivity contribution in [3.63, 3.8) is 0 Å². The molecule has 1 unspecified atom stereocenters. The monoisotopic (exact) mass is 363 g/mol. The highest BCUT2D eigenvalue weighted by atomic mass is 35.5. The quantitative estimate of drug-likeness (QED) is 0.629. The van der Waals surface area contributed by atoms with E-state index in [9.17, 15) is 4.79 Å². The average molecular weight is 364 g/mol. The third-order valence-corrected chi connectivity index (χ3v) is 4.01. The van der Waals surface area contributed by atoms with Gasteiger partial charge in [0, 0.05) is 12.1 Å². The summed E-state index contributed by atoms with van der Waals surface area (Å²) in [6.45, 7) is 6.43. The minimum Gasteiger partial charge on any atom is -0.493 e. The number of hydrogen-bond donors (Lipinski definition) is 0. The van der Waals surface area contributed by atoms with E-state index in [1.165, 1.54) is 0 Å². The number of benzene rings is 2. The van der Waals surface area contributed by atoms with Gasteiger partial charge in [0.2, 0.25) is 5.78 Å². The summed E-state index contributed by atoms with van der Waals surface area (Å²) in [5.74, 6) is 1.19. The highest BCUT2D eigenvalue weighted by Crippen LogP contribution is 2.27. The van der Waals surface area contributed by atoms with Crippen molar-refractivity contribution in [3.8, 4) is 11.5 Å². The van der Waals surface area contributed by atoms with Gasteiger partial charge in [-0.2, -0.15) is 0 Å². The molecule has 0 aliphatic heterocycles. The smallest absolute Gasteiger partial charge is 0.204 e. The van der Waals surface area contributed by atoms with Crippen LogP contribution in [0.2, 0.25) is 0 Å². The predicted octanol–water partition coefficient (Wildman–Crippen LogP) is 4.09. The zero-order valence-corrected chi connectivity index (χ0v) is 15.8. The summed E-state index contributed by atoms with van der Waals surface area (Å²) in [7, 11) is 1.60. The number of halogens is 1. The lowest BCUT2D eigenvalue weighted by molar-refractivity contribution is 0.0708. The van der Waals surface area contributed by atoms with Crippen molar-refractivity contribution in [2.75, 3.05) is 26.7 Å². The predicted molar refractivity (Wildman–Crippen MR) is 103 cm³/mol. The SMILES string of the molecule is CCN(CC)CC(Oc1ccccc1OC)C(=O)c1ccccc1.Cl. The topological polar surface area (TPSA) is 38.8 Å². The number of Topliss-reactive ketones (excluding diaryl/α,β-unsaturated/α-hetero) is 1. The molecular weight excluding hydrogens is 338 g/mol. The number of likely N-dealkylation sites (N-methyl/N-ethyl adjacent to an activating group) is 1. The van der Waals surface area contributed by atoms with Crippen LogP contribution in [-0.2, 0) is 0 Å². The van der Waals surface area contributed by atoms with Crippen LogP contribution >= 0.6 is 12.4 Å². The molecule has 0 fully saturated rings. The molecule has 0 aliphatic carbocycles. The molecule has 0 aromatic heterocycles. The fourth-order valence-corrected chi connectivity index (χ4v) is 2.55. The van der Waals surface area contributed by atoms with E-state index in [1.807, 2.05) is 54.6 Å². The van der Waals surface area contributed by atoms with Crippen LogP contribution in [0.3, 0.4) is 0 Å². The normalized spacial score (nSPS) is 11.5. The molecule has 0 spiro atoms. The lowest BCUT2D eigenvalue weighted by atomic mass is 10.1. The number of ketones is 1. The zero-order chi connectivity index (χ0) is 17.4. The van der Waals surface area contributed by atoms with Crippen LogP contribution in [-0.4, -0.2) is 43.5 Å². The molecule has 0 heterocycles. The molecule has 0 saturated carbocycles. The van der Waals surface area contributed by atoms with Crippen LogP contribution in [0, 0.1) is 0 Å². The van der Waals surface area contributed by atoms with Crippen LogP contribution in [0.25, 0.3) is 0 Å². The van der Waals surface area contributed by atoms with Crippen molar-refractivity contribution in [1.29, 1.82) is 0 Å². The number of para-hydroxylation sites is 2. The third-order valence-electron chi connectivity index (χ3n) is 4.01. The largest absolute Gasteiger partial charge is 0.493 e. The van der Waals surface area contributed by atoms with E-state index in [-0.39, 0.29) is 18.2 Å². The first kappa shape index (κ1) is 21.0. The Balaban J connectivity index is 0.00000312. The second kappa shape index (κ2) is 10.7. The Labute approximate surface area is 156 Å². The van der Waals surface area contributed by atoms with Gasteiger partial charge in [-0.05, 0) is 25.2 Å². The van der Waals surface area contributed by atoms with E-state index < -0.39 is 6.10 Å². The maximum Gasteiger partial charge on any atom is 0.204 e. The first-order chi connectivity index (χ1) is 11.7. The number of rotatable bonds is 9. The second-order valence-corrected chi connectivity index (χ2v) is 5.47. The van der Waals surface area contributed by atoms with Crippen molar-refractivity contribution >= 4 is 18.2 Å². The molecule has 0 saturated heterocycles. The Morgan fingerprint density at radius 1 is 0.960 bits per heavy atom. The number of nitrogens with zero attached hydrogens (tertiary/aromatic N) is 1. The van der Waals surface area contributed by atoms with Crippen molar-refractivity contribution in [2.45, 2.75) is 20.0 Å². The van der Waals surface area contributed by atoms with Crippen LogP contribution < -0.4 is 9.47 Å². The van der Waals surface area contributed by atoms with E-state index >= 15 is 0 Å². The lowest BCUT2D eigenvalue weighted by Crippen LogP contribution is -2.40. The zero-order valence-electron chi connectivity index (χ0n) is 15.0. The third kappa shape index (κ3) is 5.76. The minimum atomic E-state index is -0.580. The Bertz CT molecular complexity index is 644. The molecule has 0 radical (unpaired) electrons. The standard InChI is InChI=1S/C20H25NO3.ClH/c1-4-21(5-2)15-19(20(22)16-11-7-6-8-12-16)24-18-14-10-9-13-17(18)23-3;/h6-14,19H,4-5,15H2,1-3H3;1H. The van der Waals surface area contributed by atoms with Gasteiger partial charge in [-0.3, -0.25) is 9.69 Å². The molecule has 136 valence electrons. The summed E-state index contributed by atoms with van der Waals surface area (Å²) in [5.41, 5.74) is 0.657. The molecule has 4 nitrogen and oxygen atoms in total. The van der Waals surface area contributed by atoms with Crippen molar-refractivity contribution in [2.24, 2.45) is 0 Å². The lowest BCUT2D eigenvalue weighted by Gasteiger charge is -2.26. The molecule has 0 aliphatic rings. The van der Waals surface area contributed by atoms with Gasteiger partial charge >= 0.3 is 0 Å². The first-order valence-electron chi connectivity index (χ1n) is 8.30. The minimum absolute atomic E-state index is 0. The van der Waals surface area contributed by atoms with Crippen molar-refractivity contribution in [3.05, 3.63) is 60.2 Å². The van der Waals surface area contributed by atoms with Gasteiger partial charge in [-0.1, -0.05) is 56.3 Å². The molecule has 0 bridgehead atoms. The summed E-state index contributed by atoms with van der Waals surface area (Å²) < 4.78 is 11.4.